The molecule has 0 N–H and O–H groups in total. The van der Waals surface area contributed by atoms with Crippen LogP contribution in [0.25, 0.3) is 0 Å². The Morgan fingerprint density at radius 2 is 1.53 bits per heavy atom. The molecular weight excluding hydrogens is 212 g/mol. The van der Waals surface area contributed by atoms with Gasteiger partial charge in [-0.05, 0) is 65.2 Å². The third-order valence-corrected chi connectivity index (χ3v) is 2.31. The fourth-order valence-corrected chi connectivity index (χ4v) is 1.49. The molecule has 0 saturated carbocycles. The van der Waals surface area contributed by atoms with E-state index in [4.69, 9.17) is 0 Å². The minimum absolute atomic E-state index is 0.0580. The fraction of sp³-hybridized carbons (Fsp3) is 0.467. The third-order valence-electron chi connectivity index (χ3n) is 2.31. The van der Waals surface area contributed by atoms with E-state index in [0.717, 1.165) is 42.3 Å². The highest BCUT2D eigenvalue weighted by Crippen LogP contribution is 2.11. The van der Waals surface area contributed by atoms with Crippen molar-refractivity contribution < 1.29 is 9.59 Å². The normalized spacial score (nSPS) is 12.2. The van der Waals surface area contributed by atoms with Gasteiger partial charge in [0.2, 0.25) is 0 Å². The molecule has 0 aromatic rings. The first-order valence-electron chi connectivity index (χ1n) is 5.92. The van der Waals surface area contributed by atoms with Gasteiger partial charge in [0, 0.05) is 0 Å². The number of ketones is 1. The van der Waals surface area contributed by atoms with E-state index in [2.05, 4.69) is 0 Å². The van der Waals surface area contributed by atoms with Crippen LogP contribution in [0.15, 0.2) is 34.9 Å². The van der Waals surface area contributed by atoms with Gasteiger partial charge in [-0.1, -0.05) is 16.7 Å². The van der Waals surface area contributed by atoms with E-state index in [1.165, 1.54) is 0 Å². The van der Waals surface area contributed by atoms with Crippen molar-refractivity contribution >= 4 is 12.1 Å². The molecule has 0 aliphatic heterocycles. The molecule has 17 heavy (non-hydrogen) atoms. The van der Waals surface area contributed by atoms with Crippen LogP contribution >= 0.6 is 0 Å². The molecule has 94 valence electrons. The highest BCUT2D eigenvalue weighted by atomic mass is 16.1. The molecule has 0 amide bonds. The van der Waals surface area contributed by atoms with Crippen molar-refractivity contribution in [2.75, 3.05) is 0 Å². The Bertz CT molecular complexity index is 353. The molecule has 0 radical (unpaired) electrons. The molecule has 0 aliphatic rings. The summed E-state index contributed by atoms with van der Waals surface area (Å²) >= 11 is 0. The average Bonchev–Trinajstić information content (AvgIpc) is 2.16. The average molecular weight is 234 g/mol. The standard InChI is InChI=1S/C15H22O2/c1-12(2)10-15(17)11-14(4)7-5-6-13(3)8-9-16/h8-11H,5-7H2,1-4H3/b13-8+,14-11+. The number of aldehydes is 1. The molecule has 2 heteroatoms. The van der Waals surface area contributed by atoms with Gasteiger partial charge in [0.1, 0.15) is 6.29 Å². The zero-order valence-corrected chi connectivity index (χ0v) is 11.2. The third kappa shape index (κ3) is 9.49. The van der Waals surface area contributed by atoms with Crippen LogP contribution in [0.2, 0.25) is 0 Å². The van der Waals surface area contributed by atoms with Crippen molar-refractivity contribution in [1.29, 1.82) is 0 Å². The molecule has 0 bridgehead atoms. The van der Waals surface area contributed by atoms with E-state index in [1.54, 1.807) is 18.2 Å². The first-order chi connectivity index (χ1) is 7.95. The minimum Gasteiger partial charge on any atom is -0.299 e. The summed E-state index contributed by atoms with van der Waals surface area (Å²) in [6.07, 6.45) is 8.50. The summed E-state index contributed by atoms with van der Waals surface area (Å²) in [5.74, 6) is 0.0580. The van der Waals surface area contributed by atoms with Gasteiger partial charge in [0.15, 0.2) is 5.78 Å². The highest BCUT2D eigenvalue weighted by molar-refractivity contribution is 5.99. The predicted molar refractivity (Wildman–Crippen MR) is 71.9 cm³/mol. The molecule has 0 fully saturated rings. The Kier molecular flexibility index (Phi) is 7.95. The number of rotatable bonds is 7. The zero-order valence-electron chi connectivity index (χ0n) is 11.2. The molecule has 0 aromatic heterocycles. The van der Waals surface area contributed by atoms with Crippen LogP contribution in [0.5, 0.6) is 0 Å². The van der Waals surface area contributed by atoms with Gasteiger partial charge in [-0.15, -0.1) is 0 Å². The Hall–Kier alpha value is -1.44. The van der Waals surface area contributed by atoms with Crippen molar-refractivity contribution in [1.82, 2.24) is 0 Å². The maximum atomic E-state index is 11.5. The number of hydrogen-bond donors (Lipinski definition) is 0. The molecule has 0 spiro atoms. The fourth-order valence-electron chi connectivity index (χ4n) is 1.49. The second-order valence-corrected chi connectivity index (χ2v) is 4.62. The SMILES string of the molecule is CC(C)=CC(=O)/C=C(\C)CCC/C(C)=C/C=O. The van der Waals surface area contributed by atoms with Gasteiger partial charge in [0.05, 0.1) is 0 Å². The second kappa shape index (κ2) is 8.68. The Morgan fingerprint density at radius 3 is 2.06 bits per heavy atom. The van der Waals surface area contributed by atoms with Gasteiger partial charge >= 0.3 is 0 Å². The lowest BCUT2D eigenvalue weighted by atomic mass is 10.0. The maximum absolute atomic E-state index is 11.5. The lowest BCUT2D eigenvalue weighted by Gasteiger charge is -2.01. The summed E-state index contributed by atoms with van der Waals surface area (Å²) in [5, 5.41) is 0. The largest absolute Gasteiger partial charge is 0.299 e. The summed E-state index contributed by atoms with van der Waals surface area (Å²) in [4.78, 5) is 21.7. The molecule has 0 saturated heterocycles. The van der Waals surface area contributed by atoms with E-state index in [9.17, 15) is 9.59 Å². The highest BCUT2D eigenvalue weighted by Gasteiger charge is 1.96. The Labute approximate surface area is 104 Å². The van der Waals surface area contributed by atoms with Gasteiger partial charge in [0.25, 0.3) is 0 Å². The van der Waals surface area contributed by atoms with Gasteiger partial charge in [-0.2, -0.15) is 0 Å². The topological polar surface area (TPSA) is 34.1 Å². The lowest BCUT2D eigenvalue weighted by molar-refractivity contribution is -0.110. The van der Waals surface area contributed by atoms with Gasteiger partial charge in [-0.3, -0.25) is 9.59 Å². The lowest BCUT2D eigenvalue weighted by Crippen LogP contribution is -1.90. The number of hydrogen-bond acceptors (Lipinski definition) is 2. The number of carbonyl (C=O) groups excluding carboxylic acids is 2. The van der Waals surface area contributed by atoms with Crippen molar-refractivity contribution in [2.45, 2.75) is 47.0 Å². The number of allylic oxidation sites excluding steroid dienone is 6. The monoisotopic (exact) mass is 234 g/mol. The van der Waals surface area contributed by atoms with Crippen LogP contribution in [0, 0.1) is 0 Å². The Morgan fingerprint density at radius 1 is 0.941 bits per heavy atom. The quantitative estimate of drug-likeness (QED) is 0.496. The van der Waals surface area contributed by atoms with Crippen LogP contribution in [0.3, 0.4) is 0 Å². The van der Waals surface area contributed by atoms with E-state index in [-0.39, 0.29) is 5.78 Å². The van der Waals surface area contributed by atoms with E-state index < -0.39 is 0 Å². The summed E-state index contributed by atoms with van der Waals surface area (Å²) in [5.41, 5.74) is 3.19. The summed E-state index contributed by atoms with van der Waals surface area (Å²) in [6.45, 7) is 7.74. The predicted octanol–water partition coefficient (Wildman–Crippen LogP) is 3.78. The van der Waals surface area contributed by atoms with Crippen LogP contribution < -0.4 is 0 Å². The van der Waals surface area contributed by atoms with Gasteiger partial charge in [-0.25, -0.2) is 0 Å². The molecule has 0 rings (SSSR count). The summed E-state index contributed by atoms with van der Waals surface area (Å²) in [7, 11) is 0. The minimum atomic E-state index is 0.0580. The van der Waals surface area contributed by atoms with E-state index in [1.807, 2.05) is 27.7 Å². The second-order valence-electron chi connectivity index (χ2n) is 4.62. The summed E-state index contributed by atoms with van der Waals surface area (Å²) < 4.78 is 0. The molecular formula is C15H22O2. The van der Waals surface area contributed by atoms with Crippen LogP contribution in [-0.2, 0) is 9.59 Å². The first kappa shape index (κ1) is 15.6. The Balaban J connectivity index is 4.10. The maximum Gasteiger partial charge on any atom is 0.178 e. The zero-order chi connectivity index (χ0) is 13.3. The van der Waals surface area contributed by atoms with Crippen molar-refractivity contribution in [3.63, 3.8) is 0 Å². The van der Waals surface area contributed by atoms with Crippen LogP contribution in [0.1, 0.15) is 47.0 Å². The smallest absolute Gasteiger partial charge is 0.178 e. The first-order valence-corrected chi connectivity index (χ1v) is 5.92. The summed E-state index contributed by atoms with van der Waals surface area (Å²) in [6, 6.07) is 0. The van der Waals surface area contributed by atoms with Crippen molar-refractivity contribution in [3.8, 4) is 0 Å². The van der Waals surface area contributed by atoms with Crippen molar-refractivity contribution in [2.24, 2.45) is 0 Å². The van der Waals surface area contributed by atoms with E-state index >= 15 is 0 Å². The molecule has 0 heterocycles. The molecule has 0 unspecified atom stereocenters. The van der Waals surface area contributed by atoms with Crippen molar-refractivity contribution in [3.05, 3.63) is 34.9 Å². The van der Waals surface area contributed by atoms with Gasteiger partial charge < -0.3 is 0 Å². The van der Waals surface area contributed by atoms with Crippen LogP contribution in [-0.4, -0.2) is 12.1 Å². The molecule has 2 nitrogen and oxygen atoms in total. The number of carbonyl (C=O) groups is 2. The molecule has 0 atom stereocenters. The van der Waals surface area contributed by atoms with Crippen LogP contribution in [0.4, 0.5) is 0 Å². The molecule has 0 aromatic carbocycles. The molecule has 0 aliphatic carbocycles. The van der Waals surface area contributed by atoms with E-state index in [0.29, 0.717) is 0 Å².